The Morgan fingerprint density at radius 3 is 1.92 bits per heavy atom. The number of hydrogen-bond donors (Lipinski definition) is 0. The van der Waals surface area contributed by atoms with Crippen molar-refractivity contribution in [3.63, 3.8) is 0 Å². The normalized spacial score (nSPS) is 14.3. The summed E-state index contributed by atoms with van der Waals surface area (Å²) in [6, 6.07) is 15.4. The van der Waals surface area contributed by atoms with Crippen LogP contribution in [0.4, 0.5) is 0 Å². The van der Waals surface area contributed by atoms with Crippen molar-refractivity contribution in [3.8, 4) is 0 Å². The molecular formula is C20H23IO2S2. The molecular weight excluding hydrogens is 463 g/mol. The van der Waals surface area contributed by atoms with Gasteiger partial charge in [0.25, 0.3) is 0 Å². The number of allylic oxidation sites excluding steroid dienone is 1. The first kappa shape index (κ1) is 20.5. The van der Waals surface area contributed by atoms with E-state index in [0.717, 1.165) is 43.1 Å². The van der Waals surface area contributed by atoms with Crippen molar-refractivity contribution in [1.82, 2.24) is 0 Å². The van der Waals surface area contributed by atoms with Crippen molar-refractivity contribution in [2.24, 2.45) is 0 Å². The van der Waals surface area contributed by atoms with E-state index in [4.69, 9.17) is 0 Å². The van der Waals surface area contributed by atoms with E-state index in [1.165, 1.54) is 0 Å². The van der Waals surface area contributed by atoms with E-state index in [1.807, 2.05) is 62.4 Å². The molecule has 0 aromatic heterocycles. The lowest BCUT2D eigenvalue weighted by Gasteiger charge is -2.08. The summed E-state index contributed by atoms with van der Waals surface area (Å²) in [5.74, 6) is 0. The molecule has 0 N–H and O–H groups in total. The van der Waals surface area contributed by atoms with Gasteiger partial charge in [0.2, 0.25) is 0 Å². The average molecular weight is 486 g/mol. The first-order valence-corrected chi connectivity index (χ1v) is 12.1. The SMILES string of the molecule is Cc1ccc(S(=O)/C=C(\CCCCI)S(=O)c2ccc(C)cc2)cc1. The van der Waals surface area contributed by atoms with Gasteiger partial charge in [-0.05, 0) is 61.8 Å². The predicted octanol–water partition coefficient (Wildman–Crippen LogP) is 5.67. The monoisotopic (exact) mass is 486 g/mol. The molecule has 2 nitrogen and oxygen atoms in total. The molecule has 0 saturated heterocycles. The topological polar surface area (TPSA) is 34.1 Å². The molecule has 5 heteroatoms. The van der Waals surface area contributed by atoms with Crippen molar-refractivity contribution in [2.45, 2.75) is 42.9 Å². The molecule has 2 aromatic rings. The van der Waals surface area contributed by atoms with Crippen molar-refractivity contribution in [3.05, 3.63) is 70.0 Å². The Bertz CT molecular complexity index is 765. The summed E-state index contributed by atoms with van der Waals surface area (Å²) < 4.78 is 26.7. The van der Waals surface area contributed by atoms with Gasteiger partial charge in [0.05, 0.1) is 21.6 Å². The third-order valence-corrected chi connectivity index (χ3v) is 7.42. The summed E-state index contributed by atoms with van der Waals surface area (Å²) >= 11 is 2.35. The molecule has 2 unspecified atom stereocenters. The number of aryl methyl sites for hydroxylation is 2. The van der Waals surface area contributed by atoms with Crippen molar-refractivity contribution in [2.75, 3.05) is 4.43 Å². The maximum atomic E-state index is 13.0. The van der Waals surface area contributed by atoms with Gasteiger partial charge in [-0.3, -0.25) is 0 Å². The van der Waals surface area contributed by atoms with Crippen LogP contribution in [0.1, 0.15) is 30.4 Å². The minimum Gasteiger partial charge on any atom is -0.250 e. The minimum atomic E-state index is -1.28. The van der Waals surface area contributed by atoms with Crippen LogP contribution in [0.15, 0.2) is 68.6 Å². The Balaban J connectivity index is 2.27. The highest BCUT2D eigenvalue weighted by molar-refractivity contribution is 14.1. The Labute approximate surface area is 169 Å². The van der Waals surface area contributed by atoms with Gasteiger partial charge in [-0.2, -0.15) is 0 Å². The van der Waals surface area contributed by atoms with Crippen LogP contribution >= 0.6 is 22.6 Å². The van der Waals surface area contributed by atoms with E-state index in [1.54, 1.807) is 5.41 Å². The number of hydrogen-bond acceptors (Lipinski definition) is 2. The number of alkyl halides is 1. The molecule has 0 aliphatic rings. The molecule has 2 rings (SSSR count). The number of rotatable bonds is 8. The van der Waals surface area contributed by atoms with Gasteiger partial charge in [-0.15, -0.1) is 0 Å². The molecule has 0 bridgehead atoms. The van der Waals surface area contributed by atoms with Crippen LogP contribution < -0.4 is 0 Å². The summed E-state index contributed by atoms with van der Waals surface area (Å²) in [4.78, 5) is 2.28. The van der Waals surface area contributed by atoms with Crippen molar-refractivity contribution >= 4 is 44.2 Å². The Morgan fingerprint density at radius 1 is 0.880 bits per heavy atom. The van der Waals surface area contributed by atoms with Gasteiger partial charge < -0.3 is 0 Å². The molecule has 0 aliphatic heterocycles. The Hall–Kier alpha value is -0.790. The first-order valence-electron chi connectivity index (χ1n) is 8.23. The second kappa shape index (κ2) is 10.4. The molecule has 0 saturated carbocycles. The van der Waals surface area contributed by atoms with Crippen LogP contribution in [0.25, 0.3) is 0 Å². The standard InChI is InChI=1S/C20H23IO2S2/c1-16-6-10-18(11-7-16)24(22)15-20(5-3-4-14-21)25(23)19-12-8-17(2)9-13-19/h6-13,15H,3-5,14H2,1-2H3/b20-15+. The second-order valence-corrected chi connectivity index (χ2v) is 9.84. The molecule has 134 valence electrons. The second-order valence-electron chi connectivity index (χ2n) is 5.92. The minimum absolute atomic E-state index is 0.709. The molecule has 0 radical (unpaired) electrons. The van der Waals surface area contributed by atoms with Crippen LogP contribution in [0.5, 0.6) is 0 Å². The van der Waals surface area contributed by atoms with Gasteiger partial charge in [-0.1, -0.05) is 58.0 Å². The van der Waals surface area contributed by atoms with Gasteiger partial charge >= 0.3 is 0 Å². The van der Waals surface area contributed by atoms with E-state index in [2.05, 4.69) is 22.6 Å². The lowest BCUT2D eigenvalue weighted by molar-refractivity contribution is 0.682. The summed E-state index contributed by atoms with van der Waals surface area (Å²) in [6.07, 6.45) is 2.73. The smallest absolute Gasteiger partial charge is 0.0814 e. The average Bonchev–Trinajstić information content (AvgIpc) is 2.61. The predicted molar refractivity (Wildman–Crippen MR) is 116 cm³/mol. The van der Waals surface area contributed by atoms with E-state index in [0.29, 0.717) is 6.42 Å². The van der Waals surface area contributed by atoms with Crippen LogP contribution in [0.3, 0.4) is 0 Å². The molecule has 0 aliphatic carbocycles. The fourth-order valence-corrected chi connectivity index (χ4v) is 5.33. The summed E-state index contributed by atoms with van der Waals surface area (Å²) in [6.45, 7) is 4.01. The van der Waals surface area contributed by atoms with E-state index >= 15 is 0 Å². The highest BCUT2D eigenvalue weighted by atomic mass is 127. The molecule has 0 heterocycles. The number of halogens is 1. The van der Waals surface area contributed by atoms with E-state index < -0.39 is 21.6 Å². The van der Waals surface area contributed by atoms with Gasteiger partial charge in [0.1, 0.15) is 0 Å². The molecule has 25 heavy (non-hydrogen) atoms. The third-order valence-electron chi connectivity index (χ3n) is 3.77. The molecule has 0 spiro atoms. The van der Waals surface area contributed by atoms with Gasteiger partial charge in [0, 0.05) is 20.1 Å². The quantitative estimate of drug-likeness (QED) is 0.274. The molecule has 2 aromatic carbocycles. The zero-order valence-corrected chi connectivity index (χ0v) is 18.3. The fourth-order valence-electron chi connectivity index (χ4n) is 2.26. The lowest BCUT2D eigenvalue weighted by Crippen LogP contribution is -2.00. The highest BCUT2D eigenvalue weighted by Gasteiger charge is 2.13. The van der Waals surface area contributed by atoms with E-state index in [9.17, 15) is 8.42 Å². The van der Waals surface area contributed by atoms with Crippen molar-refractivity contribution in [1.29, 1.82) is 0 Å². The maximum absolute atomic E-state index is 13.0. The summed E-state index contributed by atoms with van der Waals surface area (Å²) in [7, 11) is -2.55. The molecule has 0 fully saturated rings. The van der Waals surface area contributed by atoms with Crippen molar-refractivity contribution < 1.29 is 8.42 Å². The molecule has 2 atom stereocenters. The zero-order valence-electron chi connectivity index (χ0n) is 14.5. The lowest BCUT2D eigenvalue weighted by atomic mass is 10.2. The van der Waals surface area contributed by atoms with Gasteiger partial charge in [0.15, 0.2) is 0 Å². The largest absolute Gasteiger partial charge is 0.250 e. The van der Waals surface area contributed by atoms with Crippen LogP contribution in [-0.4, -0.2) is 12.8 Å². The fraction of sp³-hybridized carbons (Fsp3) is 0.300. The molecule has 0 amide bonds. The number of benzene rings is 2. The summed E-state index contributed by atoms with van der Waals surface area (Å²) in [5, 5.41) is 1.69. The zero-order chi connectivity index (χ0) is 18.2. The van der Waals surface area contributed by atoms with Gasteiger partial charge in [-0.25, -0.2) is 8.42 Å². The number of unbranched alkanes of at least 4 members (excludes halogenated alkanes) is 1. The van der Waals surface area contributed by atoms with Crippen LogP contribution in [-0.2, 0) is 21.6 Å². The summed E-state index contributed by atoms with van der Waals surface area (Å²) in [5.41, 5.74) is 2.27. The third kappa shape index (κ3) is 6.46. The maximum Gasteiger partial charge on any atom is 0.0814 e. The van der Waals surface area contributed by atoms with Crippen LogP contribution in [0, 0.1) is 13.8 Å². The highest BCUT2D eigenvalue weighted by Crippen LogP contribution is 2.22. The van der Waals surface area contributed by atoms with Crippen LogP contribution in [0.2, 0.25) is 0 Å². The Morgan fingerprint density at radius 2 is 1.40 bits per heavy atom. The Kier molecular flexibility index (Phi) is 8.52. The first-order chi connectivity index (χ1) is 12.0. The van der Waals surface area contributed by atoms with E-state index in [-0.39, 0.29) is 0 Å².